The van der Waals surface area contributed by atoms with E-state index in [0.29, 0.717) is 0 Å². The Hall–Kier alpha value is 0.730. The highest BCUT2D eigenvalue weighted by Gasteiger charge is 2.19. The molecule has 0 aliphatic rings. The number of alkyl halides is 1. The van der Waals surface area contributed by atoms with Crippen molar-refractivity contribution in [3.05, 3.63) is 0 Å². The lowest BCUT2D eigenvalue weighted by molar-refractivity contribution is -0.910. The van der Waals surface area contributed by atoms with Gasteiger partial charge in [-0.15, -0.1) is 0 Å². The summed E-state index contributed by atoms with van der Waals surface area (Å²) in [4.78, 5) is 0. The van der Waals surface area contributed by atoms with Crippen LogP contribution in [0.5, 0.6) is 0 Å². The van der Waals surface area contributed by atoms with Crippen molar-refractivity contribution in [1.82, 2.24) is 0 Å². The second-order valence-corrected chi connectivity index (χ2v) is 9.58. The minimum atomic E-state index is 0. The summed E-state index contributed by atoms with van der Waals surface area (Å²) < 4.78 is 1.32. The second-order valence-electron chi connectivity index (χ2n) is 8.78. The highest BCUT2D eigenvalue weighted by molar-refractivity contribution is 9.09. The first kappa shape index (κ1) is 29.9. The van der Waals surface area contributed by atoms with Crippen LogP contribution in [0.15, 0.2) is 0 Å². The van der Waals surface area contributed by atoms with Crippen molar-refractivity contribution in [2.75, 3.05) is 32.0 Å². The molecule has 0 aromatic rings. The van der Waals surface area contributed by atoms with Crippen LogP contribution in [0.25, 0.3) is 0 Å². The van der Waals surface area contributed by atoms with Gasteiger partial charge in [0.1, 0.15) is 0 Å². The first-order valence-corrected chi connectivity index (χ1v) is 13.2. The Morgan fingerprint density at radius 2 is 0.778 bits per heavy atom. The van der Waals surface area contributed by atoms with E-state index in [1.807, 2.05) is 0 Å². The molecule has 0 bridgehead atoms. The van der Waals surface area contributed by atoms with Crippen LogP contribution >= 0.6 is 15.9 Å². The molecular weight excluding hydrogens is 418 g/mol. The monoisotopic (exact) mass is 467 g/mol. The maximum Gasteiger partial charge on any atom is 0.0792 e. The topological polar surface area (TPSA) is 0 Å². The lowest BCUT2D eigenvalue weighted by atomic mass is 10.1. The minimum Gasteiger partial charge on any atom is -1.00 e. The molecule has 0 N–H and O–H groups in total. The highest BCUT2D eigenvalue weighted by atomic mass is 79.9. The van der Waals surface area contributed by atoms with Crippen molar-refractivity contribution >= 4 is 15.9 Å². The third-order valence-corrected chi connectivity index (χ3v) is 6.50. The van der Waals surface area contributed by atoms with E-state index >= 15 is 0 Å². The van der Waals surface area contributed by atoms with Crippen molar-refractivity contribution in [3.8, 4) is 0 Å². The van der Waals surface area contributed by atoms with Crippen molar-refractivity contribution in [2.45, 2.75) is 123 Å². The van der Waals surface area contributed by atoms with E-state index in [4.69, 9.17) is 0 Å². The Kier molecular flexibility index (Phi) is 25.5. The molecule has 27 heavy (non-hydrogen) atoms. The molecule has 0 saturated heterocycles. The van der Waals surface area contributed by atoms with Gasteiger partial charge in [0.25, 0.3) is 0 Å². The molecule has 0 fully saturated rings. The third-order valence-electron chi connectivity index (χ3n) is 5.93. The summed E-state index contributed by atoms with van der Waals surface area (Å²) in [6.07, 6.45) is 24.3. The van der Waals surface area contributed by atoms with Gasteiger partial charge in [-0.2, -0.15) is 0 Å². The van der Waals surface area contributed by atoms with Gasteiger partial charge in [0.05, 0.1) is 26.7 Å². The predicted molar refractivity (Wildman–Crippen MR) is 124 cm³/mol. The van der Waals surface area contributed by atoms with Crippen molar-refractivity contribution in [1.29, 1.82) is 0 Å². The van der Waals surface area contributed by atoms with Crippen LogP contribution in [0, 0.1) is 0 Å². The smallest absolute Gasteiger partial charge is 0.0792 e. The molecule has 0 aromatic heterocycles. The van der Waals surface area contributed by atoms with E-state index in [0.717, 1.165) is 5.33 Å². The summed E-state index contributed by atoms with van der Waals surface area (Å²) in [6.45, 7) is 8.77. The normalized spacial score (nSPS) is 11.6. The zero-order valence-electron chi connectivity index (χ0n) is 19.1. The number of hydrogen-bond acceptors (Lipinski definition) is 0. The molecular formula is C24H51BrClN. The fraction of sp³-hybridized carbons (Fsp3) is 1.00. The van der Waals surface area contributed by atoms with E-state index in [1.54, 1.807) is 0 Å². The molecule has 0 radical (unpaired) electrons. The van der Waals surface area contributed by atoms with Crippen molar-refractivity contribution < 1.29 is 16.9 Å². The van der Waals surface area contributed by atoms with Gasteiger partial charge in [-0.3, -0.25) is 0 Å². The molecule has 0 heterocycles. The predicted octanol–water partition coefficient (Wildman–Crippen LogP) is 5.50. The standard InChI is InChI=1S/C24H51BrN.ClH/c1-4-6-8-10-12-14-16-18-22-26(3,24-20-21-25)23-19-17-15-13-11-9-7-5-2;/h4-24H2,1-3H3;1H/q+1;/p-1. The quantitative estimate of drug-likeness (QED) is 0.118. The van der Waals surface area contributed by atoms with Gasteiger partial charge in [0.15, 0.2) is 0 Å². The first-order chi connectivity index (χ1) is 12.7. The molecule has 0 saturated carbocycles. The largest absolute Gasteiger partial charge is 1.00 e. The summed E-state index contributed by atoms with van der Waals surface area (Å²) in [6, 6.07) is 0. The summed E-state index contributed by atoms with van der Waals surface area (Å²) >= 11 is 3.64. The molecule has 0 unspecified atom stereocenters. The van der Waals surface area contributed by atoms with E-state index in [1.165, 1.54) is 133 Å². The van der Waals surface area contributed by atoms with E-state index in [9.17, 15) is 0 Å². The molecule has 1 nitrogen and oxygen atoms in total. The van der Waals surface area contributed by atoms with Gasteiger partial charge in [-0.25, -0.2) is 0 Å². The number of nitrogens with zero attached hydrogens (tertiary/aromatic N) is 1. The zero-order chi connectivity index (χ0) is 19.3. The van der Waals surface area contributed by atoms with Crippen LogP contribution in [0.4, 0.5) is 0 Å². The second kappa shape index (κ2) is 23.0. The Bertz CT molecular complexity index is 253. The minimum absolute atomic E-state index is 0. The van der Waals surface area contributed by atoms with Crippen molar-refractivity contribution in [3.63, 3.8) is 0 Å². The number of hydrogen-bond donors (Lipinski definition) is 0. The number of quaternary nitrogens is 1. The average molecular weight is 469 g/mol. The van der Waals surface area contributed by atoms with Gasteiger partial charge >= 0.3 is 0 Å². The lowest BCUT2D eigenvalue weighted by Gasteiger charge is -2.35. The number of halogens is 2. The highest BCUT2D eigenvalue weighted by Crippen LogP contribution is 2.15. The third kappa shape index (κ3) is 21.3. The van der Waals surface area contributed by atoms with E-state index in [2.05, 4.69) is 36.8 Å². The zero-order valence-corrected chi connectivity index (χ0v) is 21.4. The summed E-state index contributed by atoms with van der Waals surface area (Å²) in [7, 11) is 2.52. The summed E-state index contributed by atoms with van der Waals surface area (Å²) in [5.41, 5.74) is 0. The van der Waals surface area contributed by atoms with Gasteiger partial charge in [-0.1, -0.05) is 107 Å². The molecule has 0 rings (SSSR count). The molecule has 0 aliphatic heterocycles. The van der Waals surface area contributed by atoms with Crippen LogP contribution in [-0.4, -0.2) is 36.5 Å². The molecule has 0 aliphatic carbocycles. The van der Waals surface area contributed by atoms with Gasteiger partial charge < -0.3 is 16.9 Å². The maximum atomic E-state index is 3.64. The number of rotatable bonds is 21. The van der Waals surface area contributed by atoms with E-state index in [-0.39, 0.29) is 12.4 Å². The Labute approximate surface area is 187 Å². The van der Waals surface area contributed by atoms with Crippen LogP contribution < -0.4 is 12.4 Å². The SMILES string of the molecule is CCCCCCCCCC[N+](C)(CCCBr)CCCCCCCCCC.[Cl-]. The van der Waals surface area contributed by atoms with Gasteiger partial charge in [-0.05, 0) is 25.7 Å². The van der Waals surface area contributed by atoms with Gasteiger partial charge in [0.2, 0.25) is 0 Å². The van der Waals surface area contributed by atoms with Crippen LogP contribution in [0.3, 0.4) is 0 Å². The fourth-order valence-corrected chi connectivity index (χ4v) is 4.28. The van der Waals surface area contributed by atoms with Crippen LogP contribution in [-0.2, 0) is 0 Å². The lowest BCUT2D eigenvalue weighted by Crippen LogP contribution is -3.00. The maximum absolute atomic E-state index is 3.64. The van der Waals surface area contributed by atoms with Crippen LogP contribution in [0.2, 0.25) is 0 Å². The molecule has 166 valence electrons. The fourth-order valence-electron chi connectivity index (χ4n) is 4.03. The summed E-state index contributed by atoms with van der Waals surface area (Å²) in [5, 5.41) is 1.16. The van der Waals surface area contributed by atoms with Crippen LogP contribution in [0.1, 0.15) is 123 Å². The Morgan fingerprint density at radius 1 is 0.481 bits per heavy atom. The Balaban J connectivity index is 0. The molecule has 0 spiro atoms. The molecule has 0 amide bonds. The molecule has 3 heteroatoms. The summed E-state index contributed by atoms with van der Waals surface area (Å²) in [5.74, 6) is 0. The molecule has 0 atom stereocenters. The van der Waals surface area contributed by atoms with E-state index < -0.39 is 0 Å². The number of unbranched alkanes of at least 4 members (excludes halogenated alkanes) is 14. The average Bonchev–Trinajstić information content (AvgIpc) is 2.64. The molecule has 0 aromatic carbocycles. The Morgan fingerprint density at radius 3 is 1.11 bits per heavy atom. The van der Waals surface area contributed by atoms with Gasteiger partial charge in [0, 0.05) is 11.8 Å². The van der Waals surface area contributed by atoms with Crippen molar-refractivity contribution in [2.24, 2.45) is 0 Å². The first-order valence-electron chi connectivity index (χ1n) is 12.1.